The Morgan fingerprint density at radius 3 is 1.05 bits per heavy atom. The highest BCUT2D eigenvalue weighted by molar-refractivity contribution is 7.73. The highest BCUT2D eigenvalue weighted by atomic mass is 31.2. The molecule has 4 fully saturated rings. The SMILES string of the molecule is C=P(C)(C)CC[C@H]1O[C@@H](n2cc(C(O)C(C)=O)c(=O)[nH]c2=O)[C@H](O)[C@@H]1O.C=P(C)(C)CC[C@H]1O[C@@H](n2cc(C(OC(=O)C(F)(F)F)C(C)=O)c(=O)[nH]c2=O)[C@H](O)[C@@H]1O.C=P(C)(C)CC[C@H]1O[C@@H](n2cc(C(OC(=O)OCC3c4ccccc4-c4ccccc43)C(C)=O)c(=O)[nH]c2=O)[C@H](O)[C@@H]1O.C=P(C)(C)CC[C@H]1O[C@@H](n2cc(OCC(C)=O)c(=O)[nH]c2=O)[C@H](O)[C@@H]1O. The van der Waals surface area contributed by atoms with Crippen LogP contribution in [0.2, 0.25) is 0 Å². The van der Waals surface area contributed by atoms with Crippen LogP contribution in [0.1, 0.15) is 130 Å². The molecule has 0 saturated carbocycles. The molecule has 700 valence electrons. The Morgan fingerprint density at radius 2 is 0.740 bits per heavy atom. The number of ketones is 4. The van der Waals surface area contributed by atoms with Crippen LogP contribution in [0.25, 0.3) is 11.1 Å². The Labute approximate surface area is 723 Å². The minimum absolute atomic E-state index is 0.0684. The third kappa shape index (κ3) is 26.6. The van der Waals surface area contributed by atoms with Gasteiger partial charge in [-0.1, -0.05) is 48.5 Å². The summed E-state index contributed by atoms with van der Waals surface area (Å²) in [4.78, 5) is 177. The molecule has 46 heteroatoms. The minimum Gasteiger partial charge on any atom is -0.479 e. The first-order valence-electron chi connectivity index (χ1n) is 39.6. The number of aliphatic hydroxyl groups is 9. The van der Waals surface area contributed by atoms with Crippen molar-refractivity contribution < 1.29 is 126 Å². The van der Waals surface area contributed by atoms with E-state index in [0.717, 1.165) is 87.6 Å². The number of nitrogens with zero attached hydrogens (tertiary/aromatic N) is 4. The van der Waals surface area contributed by atoms with Gasteiger partial charge in [0.15, 0.2) is 60.3 Å². The van der Waals surface area contributed by atoms with E-state index in [2.05, 4.69) is 39.9 Å². The predicted molar refractivity (Wildman–Crippen MR) is 467 cm³/mol. The number of aromatic amines is 4. The molecule has 4 aromatic heterocycles. The fraction of sp³-hybridized carbons (Fsp3) is 0.531. The smallest absolute Gasteiger partial charge is 0.479 e. The van der Waals surface area contributed by atoms with E-state index >= 15 is 0 Å². The van der Waals surface area contributed by atoms with Gasteiger partial charge in [-0.15, -0.1) is 52.7 Å². The molecule has 6 aromatic rings. The lowest BCUT2D eigenvalue weighted by Crippen LogP contribution is -2.40. The normalized spacial score (nSPS) is 24.7. The molecule has 2 aromatic carbocycles. The summed E-state index contributed by atoms with van der Waals surface area (Å²) >= 11 is 0. The number of Topliss-reactive ketones (excluding diaryl/α,β-unsaturated/α-hetero) is 4. The number of benzene rings is 2. The van der Waals surface area contributed by atoms with Crippen molar-refractivity contribution in [2.75, 3.05) is 91.2 Å². The van der Waals surface area contributed by atoms with E-state index in [1.165, 1.54) is 6.92 Å². The number of aromatic nitrogens is 8. The number of carbonyl (C=O) groups excluding carboxylic acids is 6. The highest BCUT2D eigenvalue weighted by Gasteiger charge is 2.50. The largest absolute Gasteiger partial charge is 0.509 e. The summed E-state index contributed by atoms with van der Waals surface area (Å²) in [7, 11) is 0. The number of alkyl halides is 3. The van der Waals surface area contributed by atoms with Gasteiger partial charge in [0, 0.05) is 24.5 Å². The molecule has 13 N–H and O–H groups in total. The summed E-state index contributed by atoms with van der Waals surface area (Å²) in [5.41, 5.74) is -5.10. The minimum atomic E-state index is -5.43. The van der Waals surface area contributed by atoms with Crippen molar-refractivity contribution in [1.82, 2.24) is 38.2 Å². The summed E-state index contributed by atoms with van der Waals surface area (Å²) in [6.07, 6.45) is -7.07. The number of halogens is 3. The van der Waals surface area contributed by atoms with Crippen LogP contribution in [0.4, 0.5) is 18.0 Å². The monoisotopic (exact) mass is 1870 g/mol. The lowest BCUT2D eigenvalue weighted by Gasteiger charge is -2.21. The topological polar surface area (TPSA) is 578 Å². The van der Waals surface area contributed by atoms with Gasteiger partial charge >= 0.3 is 41.1 Å². The molecule has 5 aliphatic rings. The number of esters is 1. The molecule has 0 spiro atoms. The molecule has 4 aliphatic heterocycles. The van der Waals surface area contributed by atoms with Crippen LogP contribution in [0.15, 0.2) is 112 Å². The second-order valence-corrected chi connectivity index (χ2v) is 51.5. The second kappa shape index (κ2) is 42.2. The maximum absolute atomic E-state index is 12.8. The van der Waals surface area contributed by atoms with Crippen molar-refractivity contribution >= 4 is 88.0 Å². The van der Waals surface area contributed by atoms with Crippen molar-refractivity contribution in [1.29, 1.82) is 0 Å². The van der Waals surface area contributed by atoms with Crippen molar-refractivity contribution in [2.24, 2.45) is 0 Å². The maximum Gasteiger partial charge on any atom is 0.509 e. The molecule has 3 unspecified atom stereocenters. The maximum atomic E-state index is 12.8. The van der Waals surface area contributed by atoms with E-state index < -0.39 is 230 Å². The zero-order chi connectivity index (χ0) is 95.1. The van der Waals surface area contributed by atoms with Gasteiger partial charge in [0.25, 0.3) is 22.2 Å². The third-order valence-electron chi connectivity index (χ3n) is 20.9. The summed E-state index contributed by atoms with van der Waals surface area (Å²) in [5, 5.41) is 92.8. The van der Waals surface area contributed by atoms with Gasteiger partial charge in [-0.2, -0.15) is 13.2 Å². The van der Waals surface area contributed by atoms with Crippen molar-refractivity contribution in [3.05, 3.63) is 184 Å². The molecule has 8 heterocycles. The number of carbonyl (C=O) groups is 6. The van der Waals surface area contributed by atoms with Gasteiger partial charge in [-0.05, 0) is 154 Å². The number of fused-ring (bicyclic) bond motifs is 3. The molecule has 0 radical (unpaired) electrons. The number of hydrogen-bond donors (Lipinski definition) is 13. The second-order valence-electron chi connectivity index (χ2n) is 34.2. The lowest BCUT2D eigenvalue weighted by molar-refractivity contribution is -0.205. The van der Waals surface area contributed by atoms with Gasteiger partial charge in [-0.25, -0.2) is 28.8 Å². The average molecular weight is 1870 g/mol. The summed E-state index contributed by atoms with van der Waals surface area (Å²) in [5.74, 6) is -6.00. The number of hydrogen-bond acceptors (Lipinski definition) is 31. The van der Waals surface area contributed by atoms with Gasteiger partial charge in [0.1, 0.15) is 68.1 Å². The molecule has 0 amide bonds. The van der Waals surface area contributed by atoms with E-state index in [1.807, 2.05) is 107 Å². The molecular weight excluding hydrogens is 1760 g/mol. The van der Waals surface area contributed by atoms with Crippen molar-refractivity contribution in [3.63, 3.8) is 0 Å². The Bertz CT molecular complexity index is 5730. The average Bonchev–Trinajstić information content (AvgIpc) is 1.67. The van der Waals surface area contributed by atoms with Crippen LogP contribution >= 0.6 is 27.5 Å². The van der Waals surface area contributed by atoms with Gasteiger partial charge in [0.05, 0.1) is 47.3 Å². The summed E-state index contributed by atoms with van der Waals surface area (Å²) in [6.45, 7) is 14.4. The van der Waals surface area contributed by atoms with Gasteiger partial charge in [-0.3, -0.25) is 76.6 Å². The molecule has 19 atom stereocenters. The first kappa shape index (κ1) is 103. The Hall–Kier alpha value is -9.15. The van der Waals surface area contributed by atoms with E-state index in [-0.39, 0.29) is 41.8 Å². The number of rotatable bonds is 29. The van der Waals surface area contributed by atoms with E-state index in [0.29, 0.717) is 48.8 Å². The highest BCUT2D eigenvalue weighted by Crippen LogP contribution is 2.47. The van der Waals surface area contributed by atoms with E-state index in [4.69, 9.17) is 33.2 Å². The van der Waals surface area contributed by atoms with E-state index in [9.17, 15) is 126 Å². The fourth-order valence-corrected chi connectivity index (χ4v) is 17.9. The summed E-state index contributed by atoms with van der Waals surface area (Å²) < 4.78 is 83.7. The van der Waals surface area contributed by atoms with Crippen LogP contribution in [-0.2, 0) is 57.1 Å². The molecule has 0 bridgehead atoms. The van der Waals surface area contributed by atoms with Crippen molar-refractivity contribution in [2.45, 2.75) is 182 Å². The zero-order valence-electron chi connectivity index (χ0n) is 71.6. The molecule has 127 heavy (non-hydrogen) atoms. The number of aliphatic hydroxyl groups excluding tert-OH is 9. The van der Waals surface area contributed by atoms with Crippen molar-refractivity contribution in [3.8, 4) is 16.9 Å². The molecule has 1 aliphatic carbocycles. The first-order chi connectivity index (χ1) is 58.8. The summed E-state index contributed by atoms with van der Waals surface area (Å²) in [6, 6.07) is 15.6. The Morgan fingerprint density at radius 1 is 0.441 bits per heavy atom. The third-order valence-corrected chi connectivity index (χ3v) is 26.7. The number of ether oxygens (including phenoxy) is 8. The first-order valence-corrected chi connectivity index (χ1v) is 51.8. The van der Waals surface area contributed by atoms with Crippen LogP contribution in [0.3, 0.4) is 0 Å². The quantitative estimate of drug-likeness (QED) is 0.0230. The zero-order valence-corrected chi connectivity index (χ0v) is 75.2. The van der Waals surface area contributed by atoms with Gasteiger partial charge < -0.3 is 83.9 Å². The van der Waals surface area contributed by atoms with E-state index in [1.54, 1.807) is 4.98 Å². The van der Waals surface area contributed by atoms with Crippen LogP contribution in [0, 0.1) is 0 Å². The lowest BCUT2D eigenvalue weighted by atomic mass is 9.98. The molecule has 11 rings (SSSR count). The standard InChI is InChI=1S/C31H35N2O9P.C18H24F3N2O8P.2C16H25N2O7P/c1-17(34)27(42-31(39)40-16-23-20-11-7-5-9-18(20)19-10-6-8-12-21(19)23)22-15-33(30(38)32-28(22)37)29-26(36)25(35)24(41-29)13-14-43(2,3)4;1-8(24)13(31-16(28)18(19,20)21)9-7-23(17(29)22-14(9)27)15-12(26)11(25)10(30-15)5-6-32(2,3)4;1-9(19)8-24-11-7-18(16(23)17-14(11)22)15-13(21)12(20)10(25-15)5-6-26(2,3)4;1-8(19)11(20)9-7-18(16(24)17-14(9)23)15-13(22)12(21)10(25-15)5-6-26(2,3)4/h5-12,15,23-27,29,35-36H,2,13-14,16H2,1,3-4H3,(H,32,37,38);7,10-13,15,25-26H,2,5-6H2,1,3-4H3,(H,22,27,29);7,10,12-13,15,20-21H,2,5-6,8H2,1,3-4H3,(H,17,22,23);7,10-13,15,20-22H,2,5-6H2,1,3-4H3,(H,17,23,24)/t24-,25-,26-,27?,29-;10-,11-,12-,13?,15-;10-,12-,13-,15-;10-,11?,12-,13-,15-/m1111/s1. The number of H-pyrrole nitrogens is 4. The van der Waals surface area contributed by atoms with Crippen LogP contribution in [0.5, 0.6) is 5.75 Å². The van der Waals surface area contributed by atoms with Crippen LogP contribution < -0.4 is 49.7 Å². The molecule has 4 saturated heterocycles. The Balaban J connectivity index is 0.000000215. The predicted octanol–water partition coefficient (Wildman–Crippen LogP) is 0.942. The van der Waals surface area contributed by atoms with Gasteiger partial charge in [0.2, 0.25) is 5.75 Å². The Kier molecular flexibility index (Phi) is 34.3. The fourth-order valence-electron chi connectivity index (χ4n) is 14.1. The molecular formula is C81H109F3N8O31P4. The molecule has 39 nitrogen and oxygen atoms in total. The number of nitrogens with one attached hydrogen (secondary N) is 4. The van der Waals surface area contributed by atoms with Crippen LogP contribution in [-0.4, -0.2) is 315 Å².